The fourth-order valence-electron chi connectivity index (χ4n) is 4.11. The first kappa shape index (κ1) is 27.3. The molecular weight excluding hydrogens is 492 g/mol. The lowest BCUT2D eigenvalue weighted by atomic mass is 9.91. The third-order valence-electron chi connectivity index (χ3n) is 6.99. The van der Waals surface area contributed by atoms with Gasteiger partial charge in [0.2, 0.25) is 11.8 Å². The number of aliphatic hydroxyl groups excluding tert-OH is 1. The Kier molecular flexibility index (Phi) is 6.82. The van der Waals surface area contributed by atoms with E-state index in [-0.39, 0.29) is 22.8 Å². The average Bonchev–Trinajstić information content (AvgIpc) is 3.39. The zero-order chi connectivity index (χ0) is 27.4. The van der Waals surface area contributed by atoms with Crippen molar-refractivity contribution in [3.8, 4) is 0 Å². The first-order valence-electron chi connectivity index (χ1n) is 12.7. The van der Waals surface area contributed by atoms with Gasteiger partial charge in [-0.1, -0.05) is 39.8 Å². The smallest absolute Gasteiger partial charge is 0.248 e. The number of hydrogen-bond donors (Lipinski definition) is 2. The molecule has 1 amide bonds. The Balaban J connectivity index is 1.64. The number of hydrogen-bond acceptors (Lipinski definition) is 7. The summed E-state index contributed by atoms with van der Waals surface area (Å²) in [7, 11) is -4.09. The number of fused-ring (bicyclic) bond motifs is 1. The number of imidazole rings is 1. The summed E-state index contributed by atoms with van der Waals surface area (Å²) in [6, 6.07) is 6.43. The second-order valence-electron chi connectivity index (χ2n) is 12.6. The molecule has 0 aliphatic heterocycles. The number of nitrogens with one attached hydrogen (secondary N) is 1. The van der Waals surface area contributed by atoms with Gasteiger partial charge in [-0.25, -0.2) is 13.4 Å². The molecule has 1 aromatic carbocycles. The largest absolute Gasteiger partial charge is 0.395 e. The summed E-state index contributed by atoms with van der Waals surface area (Å²) in [6.45, 7) is 13.5. The topological polar surface area (TPSA) is 127 Å². The van der Waals surface area contributed by atoms with Crippen molar-refractivity contribution in [3.63, 3.8) is 0 Å². The zero-order valence-corrected chi connectivity index (χ0v) is 23.6. The Bertz CT molecular complexity index is 1420. The van der Waals surface area contributed by atoms with Crippen LogP contribution < -0.4 is 5.32 Å². The zero-order valence-electron chi connectivity index (χ0n) is 22.8. The lowest BCUT2D eigenvalue weighted by molar-refractivity contribution is -0.118. The third kappa shape index (κ3) is 5.45. The standard InChI is InChI=1S/C27H38N4O5S/c1-25(2,3)14-22-28-19-12-18(10-11-20(19)31(22)15-17-8-9-17)37(34,35)27(6,7)24(33)29-23-13-21(30-36-23)26(4,5)16-32/h10-13,17,32H,8-9,14-16H2,1-7H3,(H,29,33). The number of aromatic nitrogens is 3. The molecule has 0 atom stereocenters. The Morgan fingerprint density at radius 1 is 1.14 bits per heavy atom. The summed E-state index contributed by atoms with van der Waals surface area (Å²) in [6.07, 6.45) is 3.18. The molecule has 0 bridgehead atoms. The molecule has 1 fully saturated rings. The van der Waals surface area contributed by atoms with E-state index in [1.165, 1.54) is 32.8 Å². The predicted molar refractivity (Wildman–Crippen MR) is 142 cm³/mol. The third-order valence-corrected chi connectivity index (χ3v) is 9.39. The highest BCUT2D eigenvalue weighted by molar-refractivity contribution is 7.93. The molecule has 2 heterocycles. The van der Waals surface area contributed by atoms with E-state index in [9.17, 15) is 18.3 Å². The molecule has 1 aliphatic carbocycles. The maximum Gasteiger partial charge on any atom is 0.248 e. The van der Waals surface area contributed by atoms with Gasteiger partial charge >= 0.3 is 0 Å². The lowest BCUT2D eigenvalue weighted by Gasteiger charge is -2.23. The van der Waals surface area contributed by atoms with Gasteiger partial charge in [0, 0.05) is 24.4 Å². The summed E-state index contributed by atoms with van der Waals surface area (Å²) in [4.78, 5) is 18.0. The highest BCUT2D eigenvalue weighted by atomic mass is 32.2. The fraction of sp³-hybridized carbons (Fsp3) is 0.593. The monoisotopic (exact) mass is 530 g/mol. The van der Waals surface area contributed by atoms with Crippen molar-refractivity contribution in [3.05, 3.63) is 35.8 Å². The van der Waals surface area contributed by atoms with Crippen LogP contribution in [0.1, 0.15) is 72.8 Å². The van der Waals surface area contributed by atoms with E-state index < -0.39 is 25.9 Å². The molecule has 1 aliphatic rings. The number of carbonyl (C=O) groups excluding carboxylic acids is 1. The first-order chi connectivity index (χ1) is 17.0. The highest BCUT2D eigenvalue weighted by Crippen LogP contribution is 2.35. The van der Waals surface area contributed by atoms with Crippen molar-refractivity contribution in [2.45, 2.75) is 89.3 Å². The number of aliphatic hydroxyl groups is 1. The minimum atomic E-state index is -4.09. The van der Waals surface area contributed by atoms with E-state index in [1.54, 1.807) is 32.0 Å². The molecule has 2 aromatic heterocycles. The van der Waals surface area contributed by atoms with Crippen LogP contribution in [-0.2, 0) is 33.0 Å². The van der Waals surface area contributed by atoms with E-state index in [0.717, 1.165) is 24.3 Å². The number of nitrogens with zero attached hydrogens (tertiary/aromatic N) is 3. The van der Waals surface area contributed by atoms with Crippen LogP contribution in [0.5, 0.6) is 0 Å². The Morgan fingerprint density at radius 2 is 1.81 bits per heavy atom. The van der Waals surface area contributed by atoms with Gasteiger partial charge in [0.1, 0.15) is 10.6 Å². The minimum absolute atomic E-state index is 0.0193. The SMILES string of the molecule is CC(C)(C)Cc1nc2cc(S(=O)(=O)C(C)(C)C(=O)Nc3cc(C(C)(C)CO)no3)ccc2n1CC1CC1. The molecule has 9 nitrogen and oxygen atoms in total. The highest BCUT2D eigenvalue weighted by Gasteiger charge is 2.43. The summed E-state index contributed by atoms with van der Waals surface area (Å²) < 4.78 is 33.0. The van der Waals surface area contributed by atoms with Gasteiger partial charge < -0.3 is 14.2 Å². The van der Waals surface area contributed by atoms with Crippen molar-refractivity contribution in [2.75, 3.05) is 11.9 Å². The second-order valence-corrected chi connectivity index (χ2v) is 15.1. The number of sulfone groups is 1. The molecule has 0 spiro atoms. The summed E-state index contributed by atoms with van der Waals surface area (Å²) >= 11 is 0. The lowest BCUT2D eigenvalue weighted by Crippen LogP contribution is -2.44. The summed E-state index contributed by atoms with van der Waals surface area (Å²) in [5.41, 5.74) is 1.34. The number of anilines is 1. The number of benzene rings is 1. The second kappa shape index (κ2) is 9.23. The van der Waals surface area contributed by atoms with Crippen LogP contribution >= 0.6 is 0 Å². The summed E-state index contributed by atoms with van der Waals surface area (Å²) in [5.74, 6) is 0.866. The van der Waals surface area contributed by atoms with Gasteiger partial charge in [-0.2, -0.15) is 0 Å². The van der Waals surface area contributed by atoms with Gasteiger partial charge in [0.25, 0.3) is 0 Å². The Morgan fingerprint density at radius 3 is 2.41 bits per heavy atom. The fourth-order valence-corrected chi connectivity index (χ4v) is 5.51. The van der Waals surface area contributed by atoms with Crippen molar-refractivity contribution in [2.24, 2.45) is 11.3 Å². The maximum absolute atomic E-state index is 13.7. The quantitative estimate of drug-likeness (QED) is 0.417. The van der Waals surface area contributed by atoms with Gasteiger partial charge in [0.15, 0.2) is 9.84 Å². The Hall–Kier alpha value is -2.72. The van der Waals surface area contributed by atoms with Crippen LogP contribution in [0.2, 0.25) is 0 Å². The van der Waals surface area contributed by atoms with Crippen LogP contribution in [0, 0.1) is 11.3 Å². The predicted octanol–water partition coefficient (Wildman–Crippen LogP) is 4.48. The molecular formula is C27H38N4O5S. The molecule has 37 heavy (non-hydrogen) atoms. The number of amides is 1. The van der Waals surface area contributed by atoms with Gasteiger partial charge in [-0.3, -0.25) is 10.1 Å². The molecule has 3 aromatic rings. The van der Waals surface area contributed by atoms with E-state index in [1.807, 2.05) is 0 Å². The summed E-state index contributed by atoms with van der Waals surface area (Å²) in [5, 5.41) is 16.0. The average molecular weight is 531 g/mol. The van der Waals surface area contributed by atoms with Gasteiger partial charge in [0.05, 0.1) is 28.2 Å². The van der Waals surface area contributed by atoms with Crippen LogP contribution in [0.25, 0.3) is 11.0 Å². The first-order valence-corrected chi connectivity index (χ1v) is 14.2. The normalized spacial score (nSPS) is 15.4. The van der Waals surface area contributed by atoms with Crippen molar-refractivity contribution < 1.29 is 22.8 Å². The molecule has 202 valence electrons. The van der Waals surface area contributed by atoms with Crippen LogP contribution in [-0.4, -0.2) is 45.5 Å². The molecule has 0 radical (unpaired) electrons. The molecule has 0 unspecified atom stereocenters. The van der Waals surface area contributed by atoms with E-state index in [0.29, 0.717) is 17.1 Å². The van der Waals surface area contributed by atoms with E-state index in [4.69, 9.17) is 9.51 Å². The molecule has 2 N–H and O–H groups in total. The van der Waals surface area contributed by atoms with E-state index in [2.05, 4.69) is 35.8 Å². The molecule has 0 saturated heterocycles. The Labute approximate surface area is 218 Å². The van der Waals surface area contributed by atoms with Crippen molar-refractivity contribution in [1.29, 1.82) is 0 Å². The molecule has 1 saturated carbocycles. The van der Waals surface area contributed by atoms with Gasteiger partial charge in [-0.05, 0) is 56.2 Å². The number of rotatable bonds is 9. The van der Waals surface area contributed by atoms with Crippen LogP contribution in [0.4, 0.5) is 5.88 Å². The van der Waals surface area contributed by atoms with E-state index >= 15 is 0 Å². The van der Waals surface area contributed by atoms with Crippen molar-refractivity contribution in [1.82, 2.24) is 14.7 Å². The van der Waals surface area contributed by atoms with Crippen LogP contribution in [0.3, 0.4) is 0 Å². The molecule has 10 heteroatoms. The van der Waals surface area contributed by atoms with Crippen molar-refractivity contribution >= 4 is 32.7 Å². The van der Waals surface area contributed by atoms with Crippen LogP contribution in [0.15, 0.2) is 33.7 Å². The molecule has 4 rings (SSSR count). The number of carbonyl (C=O) groups is 1. The maximum atomic E-state index is 13.7. The van der Waals surface area contributed by atoms with Gasteiger partial charge in [-0.15, -0.1) is 0 Å². The minimum Gasteiger partial charge on any atom is -0.395 e.